The van der Waals surface area contributed by atoms with Crippen LogP contribution < -0.4 is 21.3 Å². The quantitative estimate of drug-likeness (QED) is 0.599. The summed E-state index contributed by atoms with van der Waals surface area (Å²) in [6, 6.07) is 3.07. The topological polar surface area (TPSA) is 101 Å². The molecule has 2 aromatic rings. The lowest BCUT2D eigenvalue weighted by molar-refractivity contribution is -0.182. The molecule has 31 heavy (non-hydrogen) atoms. The van der Waals surface area contributed by atoms with E-state index in [1.54, 1.807) is 30.9 Å². The third kappa shape index (κ3) is 5.20. The molecular weight excluding hydrogens is 411 g/mol. The summed E-state index contributed by atoms with van der Waals surface area (Å²) in [4.78, 5) is 19.1. The lowest BCUT2D eigenvalue weighted by Gasteiger charge is -2.31. The number of hydrogen-bond acceptors (Lipinski definition) is 6. The molecule has 4 N–H and O–H groups in total. The van der Waals surface area contributed by atoms with Gasteiger partial charge in [-0.05, 0) is 37.8 Å². The second-order valence-electron chi connectivity index (χ2n) is 7.93. The first-order valence-corrected chi connectivity index (χ1v) is 10.1. The highest BCUT2D eigenvalue weighted by Crippen LogP contribution is 2.38. The van der Waals surface area contributed by atoms with Crippen LogP contribution in [0.2, 0.25) is 0 Å². The maximum Gasteiger partial charge on any atom is 0.391 e. The Morgan fingerprint density at radius 2 is 1.97 bits per heavy atom. The van der Waals surface area contributed by atoms with E-state index in [0.717, 1.165) is 0 Å². The summed E-state index contributed by atoms with van der Waals surface area (Å²) in [5.74, 6) is -0.939. The second kappa shape index (κ2) is 9.03. The number of nitrogens with two attached hydrogens (primary N) is 1. The highest BCUT2D eigenvalue weighted by molar-refractivity contribution is 6.02. The zero-order chi connectivity index (χ0) is 22.8. The Balaban J connectivity index is 1.78. The lowest BCUT2D eigenvalue weighted by Crippen LogP contribution is -2.40. The summed E-state index contributed by atoms with van der Waals surface area (Å²) in [6.07, 6.45) is -2.09. The molecule has 1 amide bonds. The van der Waals surface area contributed by atoms with E-state index in [-0.39, 0.29) is 24.8 Å². The third-order valence-corrected chi connectivity index (χ3v) is 5.80. The monoisotopic (exact) mass is 439 g/mol. The van der Waals surface area contributed by atoms with Crippen molar-refractivity contribution >= 4 is 23.0 Å². The number of nitrogen functional groups attached to an aromatic ring is 1. The number of aryl methyl sites for hydroxylation is 1. The van der Waals surface area contributed by atoms with Crippen LogP contribution in [0.3, 0.4) is 0 Å². The van der Waals surface area contributed by atoms with E-state index in [1.807, 2.05) is 11.9 Å². The lowest BCUT2D eigenvalue weighted by atomic mass is 9.85. The van der Waals surface area contributed by atoms with Crippen LogP contribution in [0.5, 0.6) is 0 Å². The third-order valence-electron chi connectivity index (χ3n) is 5.80. The Labute approximate surface area is 179 Å². The van der Waals surface area contributed by atoms with E-state index in [9.17, 15) is 18.0 Å². The van der Waals surface area contributed by atoms with Crippen LogP contribution in [0.15, 0.2) is 18.5 Å². The molecular formula is C20H28F3N7O. The number of rotatable bonds is 6. The fourth-order valence-electron chi connectivity index (χ4n) is 3.91. The molecule has 0 bridgehead atoms. The van der Waals surface area contributed by atoms with Gasteiger partial charge in [0.05, 0.1) is 35.1 Å². The van der Waals surface area contributed by atoms with E-state index in [2.05, 4.69) is 20.7 Å². The molecule has 0 atom stereocenters. The number of nitrogens with one attached hydrogen (secondary N) is 2. The molecule has 0 unspecified atom stereocenters. The van der Waals surface area contributed by atoms with E-state index in [4.69, 9.17) is 5.73 Å². The zero-order valence-electron chi connectivity index (χ0n) is 17.8. The van der Waals surface area contributed by atoms with Crippen LogP contribution in [0.25, 0.3) is 0 Å². The number of aromatic nitrogens is 3. The molecule has 1 aromatic carbocycles. The molecule has 8 nitrogen and oxygen atoms in total. The van der Waals surface area contributed by atoms with E-state index in [0.29, 0.717) is 47.8 Å². The highest BCUT2D eigenvalue weighted by atomic mass is 19.4. The molecule has 3 rings (SSSR count). The van der Waals surface area contributed by atoms with Gasteiger partial charge in [0.1, 0.15) is 12.2 Å². The molecule has 170 valence electrons. The number of carbonyl (C=O) groups is 1. The molecule has 1 aromatic heterocycles. The molecule has 1 fully saturated rings. The van der Waals surface area contributed by atoms with Crippen LogP contribution >= 0.6 is 0 Å². The minimum atomic E-state index is -4.18. The molecule has 1 aliphatic carbocycles. The largest absolute Gasteiger partial charge is 0.397 e. The summed E-state index contributed by atoms with van der Waals surface area (Å²) < 4.78 is 40.4. The number of halogens is 3. The molecule has 1 heterocycles. The van der Waals surface area contributed by atoms with Gasteiger partial charge in [-0.3, -0.25) is 9.48 Å². The zero-order valence-corrected chi connectivity index (χ0v) is 17.8. The van der Waals surface area contributed by atoms with E-state index >= 15 is 0 Å². The van der Waals surface area contributed by atoms with Crippen LogP contribution in [0, 0.1) is 5.92 Å². The molecule has 0 saturated heterocycles. The number of alkyl halides is 3. The van der Waals surface area contributed by atoms with Crippen LogP contribution in [-0.2, 0) is 13.6 Å². The molecule has 11 heteroatoms. The van der Waals surface area contributed by atoms with Gasteiger partial charge >= 0.3 is 6.18 Å². The second-order valence-corrected chi connectivity index (χ2v) is 7.93. The number of carbonyl (C=O) groups excluding carboxylic acids is 1. The first kappa shape index (κ1) is 22.7. The van der Waals surface area contributed by atoms with E-state index < -0.39 is 12.1 Å². The SMILES string of the molecule is CNc1cc(N(C)Cc2ncnn2C)c(C(=O)N[C@H]2CC[C@H](C(F)(F)F)CC2)cc1N. The number of anilines is 3. The molecule has 1 saturated carbocycles. The number of hydrogen-bond donors (Lipinski definition) is 3. The summed E-state index contributed by atoms with van der Waals surface area (Å²) in [5, 5.41) is 9.96. The predicted molar refractivity (Wildman–Crippen MR) is 113 cm³/mol. The minimum absolute atomic E-state index is 0.0220. The Morgan fingerprint density at radius 3 is 2.52 bits per heavy atom. The van der Waals surface area contributed by atoms with Gasteiger partial charge in [-0.2, -0.15) is 18.3 Å². The van der Waals surface area contributed by atoms with Crippen LogP contribution in [-0.4, -0.2) is 47.0 Å². The molecule has 1 aliphatic rings. The van der Waals surface area contributed by atoms with Crippen LogP contribution in [0.1, 0.15) is 41.9 Å². The first-order valence-electron chi connectivity index (χ1n) is 10.1. The average Bonchev–Trinajstić information content (AvgIpc) is 3.11. The van der Waals surface area contributed by atoms with Gasteiger partial charge in [0, 0.05) is 27.2 Å². The maximum absolute atomic E-state index is 13.1. The van der Waals surface area contributed by atoms with Crippen molar-refractivity contribution in [2.75, 3.05) is 30.0 Å². The van der Waals surface area contributed by atoms with Crippen LogP contribution in [0.4, 0.5) is 30.2 Å². The summed E-state index contributed by atoms with van der Waals surface area (Å²) in [7, 11) is 5.34. The summed E-state index contributed by atoms with van der Waals surface area (Å²) in [6.45, 7) is 0.403. The van der Waals surface area contributed by atoms with E-state index in [1.165, 1.54) is 6.33 Å². The maximum atomic E-state index is 13.1. The van der Waals surface area contributed by atoms with Gasteiger partial charge < -0.3 is 21.3 Å². The molecule has 0 spiro atoms. The van der Waals surface area contributed by atoms with Gasteiger partial charge in [-0.1, -0.05) is 0 Å². The first-order chi connectivity index (χ1) is 14.6. The Morgan fingerprint density at radius 1 is 1.29 bits per heavy atom. The number of benzene rings is 1. The molecule has 0 radical (unpaired) electrons. The number of nitrogens with zero attached hydrogens (tertiary/aromatic N) is 4. The Kier molecular flexibility index (Phi) is 6.61. The van der Waals surface area contributed by atoms with Crippen molar-refractivity contribution < 1.29 is 18.0 Å². The van der Waals surface area contributed by atoms with Gasteiger partial charge in [0.15, 0.2) is 0 Å². The van der Waals surface area contributed by atoms with Crippen molar-refractivity contribution in [2.24, 2.45) is 13.0 Å². The fourth-order valence-corrected chi connectivity index (χ4v) is 3.91. The fraction of sp³-hybridized carbons (Fsp3) is 0.550. The van der Waals surface area contributed by atoms with Crippen molar-refractivity contribution in [3.05, 3.63) is 29.8 Å². The van der Waals surface area contributed by atoms with Crippen molar-refractivity contribution in [1.29, 1.82) is 0 Å². The summed E-state index contributed by atoms with van der Waals surface area (Å²) in [5.41, 5.74) is 8.15. The average molecular weight is 439 g/mol. The van der Waals surface area contributed by atoms with Crippen molar-refractivity contribution in [3.8, 4) is 0 Å². The standard InChI is InChI=1S/C20H28F3N7O/c1-25-16-9-17(29(2)10-18-26-11-27-30(18)3)14(8-15(16)24)19(31)28-13-6-4-12(5-7-13)20(21,22)23/h8-9,11-13,25H,4-7,10,24H2,1-3H3,(H,28,31)/t12-,13-. The van der Waals surface area contributed by atoms with Gasteiger partial charge in [0.2, 0.25) is 0 Å². The Bertz CT molecular complexity index is 920. The predicted octanol–water partition coefficient (Wildman–Crippen LogP) is 2.93. The van der Waals surface area contributed by atoms with Gasteiger partial charge in [-0.25, -0.2) is 4.98 Å². The van der Waals surface area contributed by atoms with Crippen molar-refractivity contribution in [3.63, 3.8) is 0 Å². The summed E-state index contributed by atoms with van der Waals surface area (Å²) >= 11 is 0. The highest BCUT2D eigenvalue weighted by Gasteiger charge is 2.41. The number of amides is 1. The van der Waals surface area contributed by atoms with Crippen molar-refractivity contribution in [1.82, 2.24) is 20.1 Å². The van der Waals surface area contributed by atoms with Gasteiger partial charge in [-0.15, -0.1) is 0 Å². The normalized spacial score (nSPS) is 19.2. The van der Waals surface area contributed by atoms with Gasteiger partial charge in [0.25, 0.3) is 5.91 Å². The smallest absolute Gasteiger partial charge is 0.391 e. The van der Waals surface area contributed by atoms with Crippen molar-refractivity contribution in [2.45, 2.75) is 44.4 Å². The molecule has 0 aliphatic heterocycles. The Hall–Kier alpha value is -2.98. The minimum Gasteiger partial charge on any atom is -0.397 e.